The van der Waals surface area contributed by atoms with Crippen molar-refractivity contribution in [2.45, 2.75) is 58.5 Å². The molecule has 1 saturated heterocycles. The Morgan fingerprint density at radius 1 is 1.19 bits per heavy atom. The van der Waals surface area contributed by atoms with E-state index >= 15 is 0 Å². The van der Waals surface area contributed by atoms with Gasteiger partial charge in [-0.15, -0.1) is 0 Å². The fourth-order valence-corrected chi connectivity index (χ4v) is 5.04. The summed E-state index contributed by atoms with van der Waals surface area (Å²) < 4.78 is 1.88. The van der Waals surface area contributed by atoms with Crippen LogP contribution >= 0.6 is 0 Å². The Kier molecular flexibility index (Phi) is 6.41. The summed E-state index contributed by atoms with van der Waals surface area (Å²) in [4.78, 5) is 27.9. The monoisotopic (exact) mass is 423 g/mol. The first-order valence-corrected chi connectivity index (χ1v) is 11.4. The van der Waals surface area contributed by atoms with Crippen LogP contribution < -0.4 is 10.6 Å². The summed E-state index contributed by atoms with van der Waals surface area (Å²) >= 11 is 0. The molecule has 2 heterocycles. The normalized spacial score (nSPS) is 24.6. The van der Waals surface area contributed by atoms with E-state index in [0.29, 0.717) is 19.0 Å². The molecule has 1 saturated carbocycles. The average molecular weight is 424 g/mol. The van der Waals surface area contributed by atoms with Crippen molar-refractivity contribution < 1.29 is 9.59 Å². The lowest BCUT2D eigenvalue weighted by atomic mass is 9.86. The van der Waals surface area contributed by atoms with E-state index in [9.17, 15) is 9.59 Å². The van der Waals surface area contributed by atoms with Crippen molar-refractivity contribution in [1.29, 1.82) is 0 Å². The average Bonchev–Trinajstić information content (AvgIpc) is 3.05. The standard InChI is InChI=1S/C24H33N5O2/c1-16-9-7-8-12-20(16)26-21(30)15-28-14-13-25-24(31)23(28)22-17(2)27-29(18(22)3)19-10-5-4-6-11-19/h4-6,10-11,16,20,23H,7-9,12-15H2,1-3H3,(H,25,31)(H,26,30). The summed E-state index contributed by atoms with van der Waals surface area (Å²) in [6.45, 7) is 7.55. The molecular weight excluding hydrogens is 390 g/mol. The first-order valence-electron chi connectivity index (χ1n) is 11.4. The Bertz CT molecular complexity index is 939. The molecule has 0 bridgehead atoms. The van der Waals surface area contributed by atoms with Gasteiger partial charge in [-0.3, -0.25) is 14.5 Å². The van der Waals surface area contributed by atoms with Gasteiger partial charge in [-0.25, -0.2) is 4.68 Å². The number of rotatable bonds is 5. The number of aryl methyl sites for hydroxylation is 1. The van der Waals surface area contributed by atoms with Gasteiger partial charge >= 0.3 is 0 Å². The van der Waals surface area contributed by atoms with E-state index in [2.05, 4.69) is 17.6 Å². The van der Waals surface area contributed by atoms with Crippen molar-refractivity contribution in [3.63, 3.8) is 0 Å². The number of carbonyl (C=O) groups excluding carboxylic acids is 2. The van der Waals surface area contributed by atoms with Gasteiger partial charge in [0.15, 0.2) is 0 Å². The van der Waals surface area contributed by atoms with Crippen LogP contribution in [0.5, 0.6) is 0 Å². The van der Waals surface area contributed by atoms with Crippen LogP contribution in [0.15, 0.2) is 30.3 Å². The third-order valence-electron chi connectivity index (χ3n) is 6.74. The molecule has 1 aliphatic carbocycles. The van der Waals surface area contributed by atoms with Gasteiger partial charge in [-0.2, -0.15) is 5.10 Å². The second-order valence-electron chi connectivity index (χ2n) is 8.93. The summed E-state index contributed by atoms with van der Waals surface area (Å²) in [5, 5.41) is 10.9. The highest BCUT2D eigenvalue weighted by Crippen LogP contribution is 2.30. The zero-order chi connectivity index (χ0) is 22.0. The predicted molar refractivity (Wildman–Crippen MR) is 120 cm³/mol. The van der Waals surface area contributed by atoms with Crippen LogP contribution in [-0.4, -0.2) is 52.2 Å². The molecule has 2 aliphatic rings. The van der Waals surface area contributed by atoms with E-state index in [4.69, 9.17) is 5.10 Å². The Hall–Kier alpha value is -2.67. The molecule has 2 aromatic rings. The van der Waals surface area contributed by atoms with Gasteiger partial charge in [0, 0.05) is 30.4 Å². The molecule has 1 aromatic carbocycles. The summed E-state index contributed by atoms with van der Waals surface area (Å²) in [7, 11) is 0. The van der Waals surface area contributed by atoms with Crippen LogP contribution in [0.2, 0.25) is 0 Å². The first-order chi connectivity index (χ1) is 15.0. The van der Waals surface area contributed by atoms with E-state index in [-0.39, 0.29) is 24.4 Å². The summed E-state index contributed by atoms with van der Waals surface area (Å²) in [5.74, 6) is 0.444. The third kappa shape index (κ3) is 4.51. The largest absolute Gasteiger partial charge is 0.353 e. The van der Waals surface area contributed by atoms with Crippen LogP contribution in [0.25, 0.3) is 5.69 Å². The van der Waals surface area contributed by atoms with Gasteiger partial charge in [-0.1, -0.05) is 38.0 Å². The Balaban J connectivity index is 1.56. The van der Waals surface area contributed by atoms with Crippen LogP contribution in [0.3, 0.4) is 0 Å². The molecule has 1 aliphatic heterocycles. The zero-order valence-corrected chi connectivity index (χ0v) is 18.7. The number of nitrogens with zero attached hydrogens (tertiary/aromatic N) is 3. The highest BCUT2D eigenvalue weighted by molar-refractivity contribution is 5.86. The molecule has 1 aromatic heterocycles. The van der Waals surface area contributed by atoms with Crippen molar-refractivity contribution in [3.8, 4) is 5.69 Å². The number of benzene rings is 1. The van der Waals surface area contributed by atoms with Crippen molar-refractivity contribution >= 4 is 11.8 Å². The quantitative estimate of drug-likeness (QED) is 0.775. The third-order valence-corrected chi connectivity index (χ3v) is 6.74. The lowest BCUT2D eigenvalue weighted by Gasteiger charge is -2.36. The van der Waals surface area contributed by atoms with E-state index in [1.807, 2.05) is 53.8 Å². The van der Waals surface area contributed by atoms with Crippen molar-refractivity contribution in [2.24, 2.45) is 5.92 Å². The number of carbonyl (C=O) groups is 2. The number of hydrogen-bond donors (Lipinski definition) is 2. The Morgan fingerprint density at radius 2 is 1.94 bits per heavy atom. The van der Waals surface area contributed by atoms with Gasteiger partial charge in [0.2, 0.25) is 11.8 Å². The highest BCUT2D eigenvalue weighted by Gasteiger charge is 2.36. The van der Waals surface area contributed by atoms with Gasteiger partial charge < -0.3 is 10.6 Å². The highest BCUT2D eigenvalue weighted by atomic mass is 16.2. The van der Waals surface area contributed by atoms with Crippen LogP contribution in [0.4, 0.5) is 0 Å². The van der Waals surface area contributed by atoms with Crippen LogP contribution in [0, 0.1) is 19.8 Å². The van der Waals surface area contributed by atoms with Gasteiger partial charge in [0.1, 0.15) is 6.04 Å². The molecule has 2 amide bonds. The van der Waals surface area contributed by atoms with Crippen molar-refractivity contribution in [3.05, 3.63) is 47.3 Å². The molecule has 7 heteroatoms. The molecule has 3 unspecified atom stereocenters. The molecule has 0 spiro atoms. The summed E-state index contributed by atoms with van der Waals surface area (Å²) in [6, 6.07) is 9.64. The molecule has 2 fully saturated rings. The molecule has 166 valence electrons. The Labute approximate surface area is 184 Å². The van der Waals surface area contributed by atoms with Crippen molar-refractivity contribution in [1.82, 2.24) is 25.3 Å². The maximum atomic E-state index is 13.0. The SMILES string of the molecule is Cc1nn(-c2ccccc2)c(C)c1C1C(=O)NCCN1CC(=O)NC1CCCCC1C. The lowest BCUT2D eigenvalue weighted by molar-refractivity contribution is -0.132. The fourth-order valence-electron chi connectivity index (χ4n) is 5.04. The number of amides is 2. The molecule has 0 radical (unpaired) electrons. The smallest absolute Gasteiger partial charge is 0.242 e. The van der Waals surface area contributed by atoms with Gasteiger partial charge in [0.05, 0.1) is 17.9 Å². The van der Waals surface area contributed by atoms with Gasteiger partial charge in [0.25, 0.3) is 0 Å². The zero-order valence-electron chi connectivity index (χ0n) is 18.7. The van der Waals surface area contributed by atoms with Crippen LogP contribution in [0.1, 0.15) is 55.6 Å². The Morgan fingerprint density at radius 3 is 2.68 bits per heavy atom. The molecule has 31 heavy (non-hydrogen) atoms. The minimum Gasteiger partial charge on any atom is -0.353 e. The maximum absolute atomic E-state index is 13.0. The summed E-state index contributed by atoms with van der Waals surface area (Å²) in [5.41, 5.74) is 3.59. The topological polar surface area (TPSA) is 79.3 Å². The second-order valence-corrected chi connectivity index (χ2v) is 8.93. The number of para-hydroxylation sites is 1. The van der Waals surface area contributed by atoms with Gasteiger partial charge in [-0.05, 0) is 44.7 Å². The molecule has 4 rings (SSSR count). The van der Waals surface area contributed by atoms with Crippen molar-refractivity contribution in [2.75, 3.05) is 19.6 Å². The number of nitrogens with one attached hydrogen (secondary N) is 2. The molecule has 3 atom stereocenters. The number of aromatic nitrogens is 2. The van der Waals surface area contributed by atoms with Crippen LogP contribution in [-0.2, 0) is 9.59 Å². The summed E-state index contributed by atoms with van der Waals surface area (Å²) in [6.07, 6.45) is 4.61. The fraction of sp³-hybridized carbons (Fsp3) is 0.542. The van der Waals surface area contributed by atoms with E-state index in [1.54, 1.807) is 0 Å². The first kappa shape index (κ1) is 21.6. The minimum atomic E-state index is -0.513. The number of piperazine rings is 1. The second kappa shape index (κ2) is 9.22. The maximum Gasteiger partial charge on any atom is 0.242 e. The predicted octanol–water partition coefficient (Wildman–Crippen LogP) is 2.66. The van der Waals surface area contributed by atoms with E-state index in [0.717, 1.165) is 35.5 Å². The molecule has 7 nitrogen and oxygen atoms in total. The van der Waals surface area contributed by atoms with E-state index < -0.39 is 6.04 Å². The lowest BCUT2D eigenvalue weighted by Crippen LogP contribution is -2.54. The molecular formula is C24H33N5O2. The molecule has 2 N–H and O–H groups in total. The van der Waals surface area contributed by atoms with E-state index in [1.165, 1.54) is 12.8 Å². The number of hydrogen-bond acceptors (Lipinski definition) is 4. The minimum absolute atomic E-state index is 0.00390.